The summed E-state index contributed by atoms with van der Waals surface area (Å²) < 4.78 is 0. The molecular weight excluding hydrogens is 410 g/mol. The highest BCUT2D eigenvalue weighted by atomic mass is 16.2. The molecule has 1 fully saturated rings. The largest absolute Gasteiger partial charge is 0.343 e. The Kier molecular flexibility index (Phi) is 7.26. The number of pyridine rings is 1. The van der Waals surface area contributed by atoms with Gasteiger partial charge in [-0.2, -0.15) is 0 Å². The van der Waals surface area contributed by atoms with Gasteiger partial charge in [0.05, 0.1) is 5.41 Å². The lowest BCUT2D eigenvalue weighted by Crippen LogP contribution is -2.47. The van der Waals surface area contributed by atoms with E-state index in [0.717, 1.165) is 36.0 Å². The molecule has 2 aromatic rings. The van der Waals surface area contributed by atoms with E-state index in [1.807, 2.05) is 35.9 Å². The summed E-state index contributed by atoms with van der Waals surface area (Å²) >= 11 is 0. The SMILES string of the molecule is CCN(CC)C(=O)C1(Cc2cccc(-c3cccnc3)c2)CCN(C(=O)C2CC=CCC2)C1. The van der Waals surface area contributed by atoms with Crippen molar-refractivity contribution in [2.75, 3.05) is 26.2 Å². The third-order valence-electron chi connectivity index (χ3n) is 7.25. The average Bonchev–Trinajstić information content (AvgIpc) is 3.30. The van der Waals surface area contributed by atoms with Crippen LogP contribution in [0.25, 0.3) is 11.1 Å². The van der Waals surface area contributed by atoms with E-state index in [4.69, 9.17) is 0 Å². The number of likely N-dealkylation sites (tertiary alicyclic amines) is 1. The van der Waals surface area contributed by atoms with Crippen LogP contribution in [0.3, 0.4) is 0 Å². The van der Waals surface area contributed by atoms with Gasteiger partial charge in [-0.25, -0.2) is 0 Å². The van der Waals surface area contributed by atoms with Gasteiger partial charge in [-0.05, 0) is 68.7 Å². The van der Waals surface area contributed by atoms with Crippen molar-refractivity contribution in [3.63, 3.8) is 0 Å². The fourth-order valence-electron chi connectivity index (χ4n) is 5.36. The van der Waals surface area contributed by atoms with Crippen LogP contribution < -0.4 is 0 Å². The van der Waals surface area contributed by atoms with Crippen LogP contribution in [0.2, 0.25) is 0 Å². The minimum atomic E-state index is -0.570. The third-order valence-corrected chi connectivity index (χ3v) is 7.25. The normalized spacial score (nSPS) is 22.4. The molecule has 0 saturated carbocycles. The monoisotopic (exact) mass is 445 g/mol. The molecule has 1 saturated heterocycles. The summed E-state index contributed by atoms with van der Waals surface area (Å²) in [6.07, 6.45) is 12.0. The molecule has 5 heteroatoms. The quantitative estimate of drug-likeness (QED) is 0.579. The highest BCUT2D eigenvalue weighted by molar-refractivity contribution is 5.86. The van der Waals surface area contributed by atoms with Gasteiger partial charge in [-0.1, -0.05) is 42.5 Å². The van der Waals surface area contributed by atoms with E-state index in [1.54, 1.807) is 6.20 Å². The van der Waals surface area contributed by atoms with Crippen LogP contribution in [0.4, 0.5) is 0 Å². The molecule has 33 heavy (non-hydrogen) atoms. The molecule has 0 bridgehead atoms. The van der Waals surface area contributed by atoms with E-state index in [2.05, 4.69) is 47.5 Å². The van der Waals surface area contributed by atoms with Gasteiger partial charge in [0.2, 0.25) is 11.8 Å². The molecule has 5 nitrogen and oxygen atoms in total. The number of carbonyl (C=O) groups excluding carboxylic acids is 2. The van der Waals surface area contributed by atoms with Crippen LogP contribution in [-0.2, 0) is 16.0 Å². The molecule has 2 unspecified atom stereocenters. The topological polar surface area (TPSA) is 53.5 Å². The second kappa shape index (κ2) is 10.3. The van der Waals surface area contributed by atoms with Crippen LogP contribution in [0.5, 0.6) is 0 Å². The number of rotatable bonds is 7. The molecule has 1 aromatic heterocycles. The summed E-state index contributed by atoms with van der Waals surface area (Å²) in [7, 11) is 0. The van der Waals surface area contributed by atoms with Gasteiger partial charge in [-0.3, -0.25) is 14.6 Å². The summed E-state index contributed by atoms with van der Waals surface area (Å²) in [5.74, 6) is 0.457. The molecule has 0 spiro atoms. The standard InChI is InChI=1S/C28H35N3O2/c1-3-30(4-2)27(33)28(15-17-31(21-28)26(32)23-11-6-5-7-12-23)19-22-10-8-13-24(18-22)25-14-9-16-29-20-25/h5-6,8-10,13-14,16,18,20,23H,3-4,7,11-12,15,17,19,21H2,1-2H3. The van der Waals surface area contributed by atoms with Gasteiger partial charge in [0.1, 0.15) is 0 Å². The Morgan fingerprint density at radius 1 is 1.12 bits per heavy atom. The van der Waals surface area contributed by atoms with Gasteiger partial charge in [-0.15, -0.1) is 0 Å². The van der Waals surface area contributed by atoms with Gasteiger partial charge in [0.25, 0.3) is 0 Å². The Morgan fingerprint density at radius 2 is 1.94 bits per heavy atom. The Morgan fingerprint density at radius 3 is 2.64 bits per heavy atom. The molecule has 174 valence electrons. The van der Waals surface area contributed by atoms with Gasteiger partial charge < -0.3 is 9.80 Å². The molecule has 1 aliphatic heterocycles. The zero-order valence-corrected chi connectivity index (χ0v) is 19.9. The number of nitrogens with zero attached hydrogens (tertiary/aromatic N) is 3. The van der Waals surface area contributed by atoms with Crippen molar-refractivity contribution in [3.8, 4) is 11.1 Å². The first kappa shape index (κ1) is 23.2. The Balaban J connectivity index is 1.60. The number of benzene rings is 1. The summed E-state index contributed by atoms with van der Waals surface area (Å²) in [6.45, 7) is 6.62. The van der Waals surface area contributed by atoms with E-state index >= 15 is 0 Å². The molecule has 1 aliphatic carbocycles. The highest BCUT2D eigenvalue weighted by Gasteiger charge is 2.48. The Hall–Kier alpha value is -2.95. The second-order valence-corrected chi connectivity index (χ2v) is 9.37. The van der Waals surface area contributed by atoms with Crippen molar-refractivity contribution in [1.29, 1.82) is 0 Å². The second-order valence-electron chi connectivity index (χ2n) is 9.37. The number of hydrogen-bond acceptors (Lipinski definition) is 3. The van der Waals surface area contributed by atoms with E-state index in [1.165, 1.54) is 0 Å². The summed E-state index contributed by atoms with van der Waals surface area (Å²) in [5, 5.41) is 0. The van der Waals surface area contributed by atoms with Crippen LogP contribution in [0, 0.1) is 11.3 Å². The van der Waals surface area contributed by atoms with Crippen molar-refractivity contribution in [2.45, 2.75) is 46.0 Å². The maximum atomic E-state index is 13.8. The molecule has 4 rings (SSSR count). The smallest absolute Gasteiger partial charge is 0.230 e. The van der Waals surface area contributed by atoms with E-state index in [-0.39, 0.29) is 17.7 Å². The predicted octanol–water partition coefficient (Wildman–Crippen LogP) is 4.73. The number of aromatic nitrogens is 1. The van der Waals surface area contributed by atoms with E-state index in [9.17, 15) is 9.59 Å². The molecule has 0 N–H and O–H groups in total. The van der Waals surface area contributed by atoms with Crippen molar-refractivity contribution >= 4 is 11.8 Å². The Labute approximate surface area is 197 Å². The number of amides is 2. The fraction of sp³-hybridized carbons (Fsp3) is 0.464. The lowest BCUT2D eigenvalue weighted by Gasteiger charge is -2.34. The first-order valence-electron chi connectivity index (χ1n) is 12.3. The van der Waals surface area contributed by atoms with E-state index in [0.29, 0.717) is 39.0 Å². The molecule has 2 aliphatic rings. The number of carbonyl (C=O) groups is 2. The summed E-state index contributed by atoms with van der Waals surface area (Å²) in [4.78, 5) is 35.2. The fourth-order valence-corrected chi connectivity index (χ4v) is 5.36. The highest BCUT2D eigenvalue weighted by Crippen LogP contribution is 2.38. The lowest BCUT2D eigenvalue weighted by atomic mass is 9.78. The minimum Gasteiger partial charge on any atom is -0.343 e. The maximum absolute atomic E-state index is 13.8. The molecule has 2 atom stereocenters. The van der Waals surface area contributed by atoms with Gasteiger partial charge in [0.15, 0.2) is 0 Å². The van der Waals surface area contributed by atoms with Crippen molar-refractivity contribution < 1.29 is 9.59 Å². The average molecular weight is 446 g/mol. The van der Waals surface area contributed by atoms with Crippen LogP contribution in [0.1, 0.15) is 45.1 Å². The first-order valence-corrected chi connectivity index (χ1v) is 12.3. The summed E-state index contributed by atoms with van der Waals surface area (Å²) in [6, 6.07) is 12.4. The molecule has 1 aromatic carbocycles. The van der Waals surface area contributed by atoms with Crippen LogP contribution in [0.15, 0.2) is 60.9 Å². The summed E-state index contributed by atoms with van der Waals surface area (Å²) in [5.41, 5.74) is 2.73. The van der Waals surface area contributed by atoms with Gasteiger partial charge >= 0.3 is 0 Å². The zero-order chi connectivity index (χ0) is 23.3. The minimum absolute atomic E-state index is 0.0586. The number of allylic oxidation sites excluding steroid dienone is 2. The van der Waals surface area contributed by atoms with Crippen molar-refractivity contribution in [2.24, 2.45) is 11.3 Å². The first-order chi connectivity index (χ1) is 16.1. The molecular formula is C28H35N3O2. The van der Waals surface area contributed by atoms with E-state index < -0.39 is 5.41 Å². The predicted molar refractivity (Wildman–Crippen MR) is 131 cm³/mol. The maximum Gasteiger partial charge on any atom is 0.230 e. The third kappa shape index (κ3) is 5.02. The number of hydrogen-bond donors (Lipinski definition) is 0. The van der Waals surface area contributed by atoms with Crippen molar-refractivity contribution in [3.05, 3.63) is 66.5 Å². The molecule has 0 radical (unpaired) electrons. The zero-order valence-electron chi connectivity index (χ0n) is 19.9. The molecule has 2 heterocycles. The van der Waals surface area contributed by atoms with Crippen LogP contribution in [-0.4, -0.2) is 52.8 Å². The lowest BCUT2D eigenvalue weighted by molar-refractivity contribution is -0.142. The van der Waals surface area contributed by atoms with Crippen LogP contribution >= 0.6 is 0 Å². The van der Waals surface area contributed by atoms with Crippen molar-refractivity contribution in [1.82, 2.24) is 14.8 Å². The van der Waals surface area contributed by atoms with Gasteiger partial charge in [0, 0.05) is 44.5 Å². The molecule has 2 amide bonds. The Bertz CT molecular complexity index is 999.